The molecule has 11 nitrogen and oxygen atoms in total. The van der Waals surface area contributed by atoms with Crippen LogP contribution in [-0.4, -0.2) is 62.4 Å². The van der Waals surface area contributed by atoms with E-state index in [4.69, 9.17) is 24.6 Å². The minimum atomic E-state index is -0.566. The maximum Gasteiger partial charge on any atom is 0.409 e. The minimum Gasteiger partial charge on any atom is -0.444 e. The van der Waals surface area contributed by atoms with Crippen LogP contribution in [0.5, 0.6) is 0 Å². The van der Waals surface area contributed by atoms with E-state index in [1.54, 1.807) is 0 Å². The number of pyridine rings is 2. The van der Waals surface area contributed by atoms with Crippen molar-refractivity contribution in [3.05, 3.63) is 78.2 Å². The fourth-order valence-corrected chi connectivity index (χ4v) is 5.84. The van der Waals surface area contributed by atoms with Crippen molar-refractivity contribution in [2.24, 2.45) is 0 Å². The lowest BCUT2D eigenvalue weighted by Crippen LogP contribution is -2.42. The molecule has 1 aliphatic heterocycles. The zero-order chi connectivity index (χ0) is 33.1. The molecule has 0 saturated carbocycles. The van der Waals surface area contributed by atoms with E-state index in [2.05, 4.69) is 42.7 Å². The molecule has 1 fully saturated rings. The van der Waals surface area contributed by atoms with Crippen LogP contribution < -0.4 is 10.6 Å². The number of benzene rings is 2. The Bertz CT molecular complexity index is 1950. The summed E-state index contributed by atoms with van der Waals surface area (Å²) in [5.74, 6) is 0.151. The van der Waals surface area contributed by atoms with Gasteiger partial charge in [0.05, 0.1) is 33.5 Å². The van der Waals surface area contributed by atoms with Crippen LogP contribution in [0.4, 0.5) is 10.5 Å². The summed E-state index contributed by atoms with van der Waals surface area (Å²) in [6.07, 6.45) is 4.82. The zero-order valence-corrected chi connectivity index (χ0v) is 27.4. The van der Waals surface area contributed by atoms with Gasteiger partial charge in [0.2, 0.25) is 0 Å². The zero-order valence-electron chi connectivity index (χ0n) is 27.4. The van der Waals surface area contributed by atoms with Crippen LogP contribution in [0.1, 0.15) is 64.6 Å². The SMILES string of the molecule is CC(C)c1nn(-c2ccc(C#N)c(NC3CCN(OCNC(=O)OC(C)(C)C)CC3)c2)c2nccc(-c3cnc4ccccc4c3)c12. The van der Waals surface area contributed by atoms with Crippen molar-refractivity contribution in [3.63, 3.8) is 0 Å². The van der Waals surface area contributed by atoms with Crippen LogP contribution in [0, 0.1) is 11.3 Å². The van der Waals surface area contributed by atoms with E-state index in [-0.39, 0.29) is 18.7 Å². The van der Waals surface area contributed by atoms with Crippen LogP contribution in [0.3, 0.4) is 0 Å². The fraction of sp³-hybridized carbons (Fsp3) is 0.361. The number of hydroxylamine groups is 2. The number of anilines is 1. The predicted molar refractivity (Wildman–Crippen MR) is 182 cm³/mol. The van der Waals surface area contributed by atoms with Gasteiger partial charge in [-0.15, -0.1) is 0 Å². The van der Waals surface area contributed by atoms with E-state index >= 15 is 0 Å². The highest BCUT2D eigenvalue weighted by atomic mass is 16.7. The van der Waals surface area contributed by atoms with E-state index in [9.17, 15) is 10.1 Å². The van der Waals surface area contributed by atoms with Gasteiger partial charge in [-0.25, -0.2) is 14.5 Å². The summed E-state index contributed by atoms with van der Waals surface area (Å²) in [6.45, 7) is 11.1. The molecule has 6 rings (SSSR count). The van der Waals surface area contributed by atoms with Crippen LogP contribution in [0.2, 0.25) is 0 Å². The molecule has 0 bridgehead atoms. The topological polar surface area (TPSA) is 130 Å². The van der Waals surface area contributed by atoms with E-state index in [1.807, 2.05) is 85.4 Å². The molecule has 0 aliphatic carbocycles. The maximum atomic E-state index is 11.9. The minimum absolute atomic E-state index is 0.0386. The second-order valence-electron chi connectivity index (χ2n) is 13.1. The van der Waals surface area contributed by atoms with Crippen molar-refractivity contribution >= 4 is 33.7 Å². The lowest BCUT2D eigenvalue weighted by Gasteiger charge is -2.32. The summed E-state index contributed by atoms with van der Waals surface area (Å²) in [6, 6.07) is 20.5. The van der Waals surface area contributed by atoms with Crippen molar-refractivity contribution in [1.82, 2.24) is 30.1 Å². The van der Waals surface area contributed by atoms with Gasteiger partial charge in [-0.2, -0.15) is 15.4 Å². The number of nitriles is 1. The van der Waals surface area contributed by atoms with Gasteiger partial charge in [0.1, 0.15) is 18.4 Å². The number of ether oxygens (including phenoxy) is 1. The van der Waals surface area contributed by atoms with Crippen molar-refractivity contribution in [1.29, 1.82) is 5.26 Å². The van der Waals surface area contributed by atoms with Gasteiger partial charge in [0.25, 0.3) is 0 Å². The van der Waals surface area contributed by atoms with E-state index < -0.39 is 11.7 Å². The van der Waals surface area contributed by atoms with E-state index in [0.29, 0.717) is 18.7 Å². The highest BCUT2D eigenvalue weighted by Gasteiger charge is 2.24. The molecule has 1 saturated heterocycles. The maximum absolute atomic E-state index is 11.9. The Kier molecular flexibility index (Phi) is 9.07. The van der Waals surface area contributed by atoms with E-state index in [1.165, 1.54) is 0 Å². The molecule has 47 heavy (non-hydrogen) atoms. The Hall–Kier alpha value is -5.05. The summed E-state index contributed by atoms with van der Waals surface area (Å²) in [4.78, 5) is 27.1. The van der Waals surface area contributed by atoms with Gasteiger partial charge in [0, 0.05) is 42.5 Å². The van der Waals surface area contributed by atoms with Gasteiger partial charge in [-0.1, -0.05) is 32.0 Å². The molecule has 242 valence electrons. The highest BCUT2D eigenvalue weighted by molar-refractivity contribution is 5.97. The van der Waals surface area contributed by atoms with Crippen molar-refractivity contribution in [2.45, 2.75) is 65.0 Å². The number of hydrogen-bond acceptors (Lipinski definition) is 9. The molecule has 2 aromatic carbocycles. The van der Waals surface area contributed by atoms with Gasteiger partial charge in [-0.05, 0) is 81.5 Å². The third kappa shape index (κ3) is 7.19. The predicted octanol–water partition coefficient (Wildman–Crippen LogP) is 6.92. The number of alkyl carbamates (subject to hydrolysis) is 1. The molecule has 0 atom stereocenters. The number of carbonyl (C=O) groups excluding carboxylic acids is 1. The molecule has 0 spiro atoms. The molecule has 2 N–H and O–H groups in total. The van der Waals surface area contributed by atoms with Crippen molar-refractivity contribution in [2.75, 3.05) is 25.1 Å². The molecule has 5 aromatic rings. The smallest absolute Gasteiger partial charge is 0.409 e. The molecule has 3 aromatic heterocycles. The first kappa shape index (κ1) is 31.9. The van der Waals surface area contributed by atoms with Crippen LogP contribution in [0.25, 0.3) is 38.8 Å². The number of nitrogens with zero attached hydrogens (tertiary/aromatic N) is 6. The number of carbonyl (C=O) groups is 1. The van der Waals surface area contributed by atoms with Crippen LogP contribution in [-0.2, 0) is 9.57 Å². The summed E-state index contributed by atoms with van der Waals surface area (Å²) in [7, 11) is 0. The molecule has 0 radical (unpaired) electrons. The Morgan fingerprint density at radius 2 is 1.87 bits per heavy atom. The average Bonchev–Trinajstić information content (AvgIpc) is 3.45. The first-order chi connectivity index (χ1) is 22.6. The van der Waals surface area contributed by atoms with Crippen molar-refractivity contribution in [3.8, 4) is 22.9 Å². The summed E-state index contributed by atoms with van der Waals surface area (Å²) in [5.41, 5.74) is 6.26. The first-order valence-corrected chi connectivity index (χ1v) is 16.0. The molecule has 11 heteroatoms. The van der Waals surface area contributed by atoms with Crippen molar-refractivity contribution < 1.29 is 14.4 Å². The molecule has 1 aliphatic rings. The Labute approximate surface area is 274 Å². The highest BCUT2D eigenvalue weighted by Crippen LogP contribution is 2.36. The molecular weight excluding hydrogens is 592 g/mol. The largest absolute Gasteiger partial charge is 0.444 e. The van der Waals surface area contributed by atoms with Gasteiger partial charge < -0.3 is 10.1 Å². The van der Waals surface area contributed by atoms with Gasteiger partial charge in [-0.3, -0.25) is 15.1 Å². The third-order valence-corrected chi connectivity index (χ3v) is 8.09. The Balaban J connectivity index is 1.22. The summed E-state index contributed by atoms with van der Waals surface area (Å²) < 4.78 is 7.13. The number of para-hydroxylation sites is 1. The molecule has 0 unspecified atom stereocenters. The summed E-state index contributed by atoms with van der Waals surface area (Å²) in [5, 5.41) is 25.2. The third-order valence-electron chi connectivity index (χ3n) is 8.09. The number of rotatable bonds is 8. The molecule has 1 amide bonds. The lowest BCUT2D eigenvalue weighted by molar-refractivity contribution is -0.173. The standard InChI is InChI=1S/C36H40N8O3/c1-23(2)33-32-29(26-18-24-8-6-7-9-30(24)39-21-26)12-15-38-34(32)44(42-33)28-11-10-25(20-37)31(19-28)41-27-13-16-43(17-14-27)46-22-40-35(45)47-36(3,4)5/h6-12,15,18-19,21,23,27,41H,13-14,16-17,22H2,1-5H3,(H,40,45). The monoisotopic (exact) mass is 632 g/mol. The van der Waals surface area contributed by atoms with Gasteiger partial charge >= 0.3 is 6.09 Å². The average molecular weight is 633 g/mol. The second-order valence-corrected chi connectivity index (χ2v) is 13.1. The quantitative estimate of drug-likeness (QED) is 0.175. The first-order valence-electron chi connectivity index (χ1n) is 16.0. The number of piperidine rings is 1. The Morgan fingerprint density at radius 3 is 2.62 bits per heavy atom. The van der Waals surface area contributed by atoms with E-state index in [0.717, 1.165) is 63.0 Å². The molecule has 4 heterocycles. The number of amides is 1. The lowest BCUT2D eigenvalue weighted by atomic mass is 9.98. The number of nitrogens with one attached hydrogen (secondary N) is 2. The Morgan fingerprint density at radius 1 is 1.09 bits per heavy atom. The van der Waals surface area contributed by atoms with Crippen LogP contribution >= 0.6 is 0 Å². The number of aromatic nitrogens is 4. The fourth-order valence-electron chi connectivity index (χ4n) is 5.84. The van der Waals surface area contributed by atoms with Gasteiger partial charge in [0.15, 0.2) is 5.65 Å². The number of hydrogen-bond donors (Lipinski definition) is 2. The second kappa shape index (κ2) is 13.4. The number of fused-ring (bicyclic) bond motifs is 2. The normalized spacial score (nSPS) is 14.4. The summed E-state index contributed by atoms with van der Waals surface area (Å²) >= 11 is 0. The molecular formula is C36H40N8O3. The van der Waals surface area contributed by atoms with Crippen LogP contribution in [0.15, 0.2) is 67.0 Å².